The molecule has 0 heterocycles. The summed E-state index contributed by atoms with van der Waals surface area (Å²) < 4.78 is 5.58. The van der Waals surface area contributed by atoms with Crippen molar-refractivity contribution in [1.82, 2.24) is 0 Å². The fourth-order valence-corrected chi connectivity index (χ4v) is 2.38. The van der Waals surface area contributed by atoms with Gasteiger partial charge in [-0.05, 0) is 42.8 Å². The summed E-state index contributed by atoms with van der Waals surface area (Å²) in [6.07, 6.45) is 0.797. The average Bonchev–Trinajstić information content (AvgIpc) is 2.61. The van der Waals surface area contributed by atoms with Gasteiger partial charge in [0.15, 0.2) is 5.12 Å². The fraction of sp³-hybridized carbons (Fsp3) is 0.235. The average molecular weight is 359 g/mol. The van der Waals surface area contributed by atoms with Gasteiger partial charge < -0.3 is 4.74 Å². The van der Waals surface area contributed by atoms with Gasteiger partial charge in [0, 0.05) is 24.8 Å². The van der Waals surface area contributed by atoms with Crippen LogP contribution in [0, 0.1) is 10.1 Å². The minimum atomic E-state index is -0.460. The van der Waals surface area contributed by atoms with Crippen LogP contribution in [0.3, 0.4) is 0 Å². The van der Waals surface area contributed by atoms with Gasteiger partial charge in [-0.2, -0.15) is 10.2 Å². The first-order valence-corrected chi connectivity index (χ1v) is 8.55. The zero-order valence-electron chi connectivity index (χ0n) is 13.6. The van der Waals surface area contributed by atoms with Gasteiger partial charge in [0.25, 0.3) is 5.69 Å². The second kappa shape index (κ2) is 9.53. The molecule has 0 aromatic heterocycles. The molecule has 0 bridgehead atoms. The van der Waals surface area contributed by atoms with Gasteiger partial charge in [-0.25, -0.2) is 0 Å². The fourth-order valence-electron chi connectivity index (χ4n) is 1.83. The van der Waals surface area contributed by atoms with Crippen LogP contribution in [0.25, 0.3) is 0 Å². The molecule has 0 aliphatic heterocycles. The number of rotatable bonds is 8. The summed E-state index contributed by atoms with van der Waals surface area (Å²) in [6.45, 7) is 2.10. The maximum Gasteiger partial charge on any atom is 0.269 e. The van der Waals surface area contributed by atoms with Crippen LogP contribution in [0.5, 0.6) is 5.75 Å². The normalized spacial score (nSPS) is 10.8. The predicted molar refractivity (Wildman–Crippen MR) is 97.0 cm³/mol. The summed E-state index contributed by atoms with van der Waals surface area (Å²) in [5.74, 6) is 1.47. The van der Waals surface area contributed by atoms with Crippen LogP contribution in [0.15, 0.2) is 58.8 Å². The van der Waals surface area contributed by atoms with Gasteiger partial charge in [0.2, 0.25) is 0 Å². The topological polar surface area (TPSA) is 94.2 Å². The Morgan fingerprint density at radius 1 is 1.08 bits per heavy atom. The lowest BCUT2D eigenvalue weighted by Gasteiger charge is -2.05. The van der Waals surface area contributed by atoms with Crippen molar-refractivity contribution in [2.75, 3.05) is 12.4 Å². The lowest BCUT2D eigenvalue weighted by Crippen LogP contribution is -1.99. The van der Waals surface area contributed by atoms with Crippen LogP contribution in [0.2, 0.25) is 0 Å². The Morgan fingerprint density at radius 3 is 2.16 bits per heavy atom. The van der Waals surface area contributed by atoms with Crippen LogP contribution in [-0.4, -0.2) is 22.4 Å². The molecule has 0 saturated carbocycles. The number of hydrogen-bond acceptors (Lipinski definition) is 7. The van der Waals surface area contributed by atoms with Crippen molar-refractivity contribution in [2.45, 2.75) is 13.3 Å². The predicted octanol–water partition coefficient (Wildman–Crippen LogP) is 5.06. The highest BCUT2D eigenvalue weighted by atomic mass is 32.2. The number of hydrogen-bond donors (Lipinski definition) is 0. The summed E-state index contributed by atoms with van der Waals surface area (Å²) in [4.78, 5) is 20.9. The van der Waals surface area contributed by atoms with E-state index in [2.05, 4.69) is 10.2 Å². The summed E-state index contributed by atoms with van der Waals surface area (Å²) in [5, 5.41) is 18.8. The van der Waals surface area contributed by atoms with Crippen molar-refractivity contribution in [2.24, 2.45) is 10.2 Å². The zero-order chi connectivity index (χ0) is 18.1. The van der Waals surface area contributed by atoms with Crippen LogP contribution in [0.1, 0.15) is 13.3 Å². The molecule has 0 spiro atoms. The van der Waals surface area contributed by atoms with Crippen molar-refractivity contribution < 1.29 is 14.5 Å². The second-order valence-corrected chi connectivity index (χ2v) is 6.28. The van der Waals surface area contributed by atoms with E-state index in [0.29, 0.717) is 18.0 Å². The van der Waals surface area contributed by atoms with Crippen LogP contribution in [-0.2, 0) is 4.79 Å². The summed E-state index contributed by atoms with van der Waals surface area (Å²) in [6, 6.07) is 13.0. The van der Waals surface area contributed by atoms with E-state index < -0.39 is 4.92 Å². The number of nitrogens with zero attached hydrogens (tertiary/aromatic N) is 3. The first kappa shape index (κ1) is 18.6. The largest absolute Gasteiger partial charge is 0.494 e. The molecule has 2 rings (SSSR count). The maximum absolute atomic E-state index is 10.8. The molecule has 0 saturated heterocycles. The van der Waals surface area contributed by atoms with Gasteiger partial charge >= 0.3 is 0 Å². The molecular weight excluding hydrogens is 342 g/mol. The van der Waals surface area contributed by atoms with Gasteiger partial charge in [0.05, 0.1) is 22.9 Å². The van der Waals surface area contributed by atoms with Crippen molar-refractivity contribution in [3.8, 4) is 5.75 Å². The van der Waals surface area contributed by atoms with Crippen LogP contribution >= 0.6 is 11.8 Å². The van der Waals surface area contributed by atoms with Crippen molar-refractivity contribution >= 4 is 33.9 Å². The molecular formula is C17H17N3O4S. The minimum absolute atomic E-state index is 0.0159. The first-order valence-electron chi connectivity index (χ1n) is 7.57. The van der Waals surface area contributed by atoms with E-state index in [-0.39, 0.29) is 10.8 Å². The van der Waals surface area contributed by atoms with Crippen molar-refractivity contribution in [3.05, 3.63) is 58.6 Å². The second-order valence-electron chi connectivity index (χ2n) is 5.01. The SMILES string of the molecule is CC(=O)SCCCOc1ccc(N=Nc2ccc([N+](=O)[O-])cc2)cc1. The molecule has 0 aliphatic rings. The molecule has 0 aliphatic carbocycles. The van der Waals surface area contributed by atoms with E-state index in [0.717, 1.165) is 17.9 Å². The highest BCUT2D eigenvalue weighted by Crippen LogP contribution is 2.23. The molecule has 8 heteroatoms. The lowest BCUT2D eigenvalue weighted by atomic mass is 10.3. The number of ether oxygens (including phenoxy) is 1. The molecule has 7 nitrogen and oxygen atoms in total. The Morgan fingerprint density at radius 2 is 1.64 bits per heavy atom. The molecule has 25 heavy (non-hydrogen) atoms. The lowest BCUT2D eigenvalue weighted by molar-refractivity contribution is -0.384. The third-order valence-electron chi connectivity index (χ3n) is 3.04. The van der Waals surface area contributed by atoms with E-state index in [1.807, 2.05) is 0 Å². The third kappa shape index (κ3) is 6.72. The van der Waals surface area contributed by atoms with Crippen LogP contribution < -0.4 is 4.74 Å². The smallest absolute Gasteiger partial charge is 0.269 e. The minimum Gasteiger partial charge on any atom is -0.494 e. The molecule has 0 amide bonds. The highest BCUT2D eigenvalue weighted by Gasteiger charge is 2.03. The summed E-state index contributed by atoms with van der Waals surface area (Å²) in [5.41, 5.74) is 1.20. The van der Waals surface area contributed by atoms with Gasteiger partial charge in [-0.3, -0.25) is 14.9 Å². The monoisotopic (exact) mass is 359 g/mol. The number of nitro benzene ring substituents is 1. The zero-order valence-corrected chi connectivity index (χ0v) is 14.4. The van der Waals surface area contributed by atoms with Gasteiger partial charge in [0.1, 0.15) is 5.75 Å². The highest BCUT2D eigenvalue weighted by molar-refractivity contribution is 8.13. The molecule has 2 aromatic rings. The standard InChI is InChI=1S/C17H17N3O4S/c1-13(21)25-12-2-11-24-17-9-5-15(6-10-17)19-18-14-3-7-16(8-4-14)20(22)23/h3-10H,2,11-12H2,1H3. The maximum atomic E-state index is 10.8. The number of thioether (sulfide) groups is 1. The Labute approximate surface area is 149 Å². The summed E-state index contributed by atoms with van der Waals surface area (Å²) in [7, 11) is 0. The number of non-ortho nitro benzene ring substituents is 1. The van der Waals surface area contributed by atoms with Crippen molar-refractivity contribution in [3.63, 3.8) is 0 Å². The van der Waals surface area contributed by atoms with Crippen molar-refractivity contribution in [1.29, 1.82) is 0 Å². The summed E-state index contributed by atoms with van der Waals surface area (Å²) >= 11 is 1.29. The number of carbonyl (C=O) groups is 1. The Kier molecular flexibility index (Phi) is 7.09. The molecule has 0 radical (unpaired) electrons. The van der Waals surface area contributed by atoms with E-state index >= 15 is 0 Å². The van der Waals surface area contributed by atoms with E-state index in [4.69, 9.17) is 4.74 Å². The quantitative estimate of drug-likeness (QED) is 0.284. The van der Waals surface area contributed by atoms with E-state index in [9.17, 15) is 14.9 Å². The third-order valence-corrected chi connectivity index (χ3v) is 3.94. The first-order chi connectivity index (χ1) is 12.0. The Hall–Kier alpha value is -2.74. The molecule has 0 unspecified atom stereocenters. The number of carbonyl (C=O) groups excluding carboxylic acids is 1. The van der Waals surface area contributed by atoms with Gasteiger partial charge in [-0.1, -0.05) is 11.8 Å². The molecule has 0 atom stereocenters. The van der Waals surface area contributed by atoms with Gasteiger partial charge in [-0.15, -0.1) is 0 Å². The Bertz CT molecular complexity index is 745. The number of azo groups is 1. The molecule has 0 fully saturated rings. The van der Waals surface area contributed by atoms with Crippen LogP contribution in [0.4, 0.5) is 17.1 Å². The molecule has 130 valence electrons. The van der Waals surface area contributed by atoms with E-state index in [1.54, 1.807) is 31.2 Å². The Balaban J connectivity index is 1.83. The number of benzene rings is 2. The number of nitro groups is 1. The molecule has 0 N–H and O–H groups in total. The van der Waals surface area contributed by atoms with E-state index in [1.165, 1.54) is 36.0 Å². The molecule has 2 aromatic carbocycles.